The fraction of sp³-hybridized carbons (Fsp3) is 0.600. The molecule has 0 aromatic carbocycles. The molecule has 0 saturated carbocycles. The first kappa shape index (κ1) is 15.4. The van der Waals surface area contributed by atoms with Crippen LogP contribution in [0.5, 0.6) is 0 Å². The topological polar surface area (TPSA) is 82.8 Å². The van der Waals surface area contributed by atoms with Crippen LogP contribution in [0.4, 0.5) is 4.79 Å². The summed E-state index contributed by atoms with van der Waals surface area (Å²) in [6, 6.07) is 2.84. The van der Waals surface area contributed by atoms with E-state index in [9.17, 15) is 9.59 Å². The maximum Gasteiger partial charge on any atom is 0.371 e. The molecule has 2 rings (SSSR count). The van der Waals surface area contributed by atoms with E-state index >= 15 is 0 Å². The number of carboxylic acid groups (broad SMARTS) is 1. The predicted molar refractivity (Wildman–Crippen MR) is 77.1 cm³/mol. The van der Waals surface area contributed by atoms with Crippen molar-refractivity contribution in [2.75, 3.05) is 13.1 Å². The zero-order chi connectivity index (χ0) is 15.2. The van der Waals surface area contributed by atoms with Gasteiger partial charge in [-0.3, -0.25) is 0 Å². The average molecular weight is 294 g/mol. The van der Waals surface area contributed by atoms with Gasteiger partial charge in [0, 0.05) is 13.1 Å². The van der Waals surface area contributed by atoms with Gasteiger partial charge in [-0.05, 0) is 30.9 Å². The van der Waals surface area contributed by atoms with E-state index in [-0.39, 0.29) is 18.3 Å². The molecule has 1 saturated heterocycles. The predicted octanol–water partition coefficient (Wildman–Crippen LogP) is 2.70. The number of furan rings is 1. The lowest BCUT2D eigenvalue weighted by Crippen LogP contribution is -2.44. The van der Waals surface area contributed by atoms with Crippen molar-refractivity contribution in [2.45, 2.75) is 39.2 Å². The average Bonchev–Trinajstić information content (AvgIpc) is 2.95. The largest absolute Gasteiger partial charge is 0.475 e. The number of piperidine rings is 1. The molecule has 0 spiro atoms. The Kier molecular flexibility index (Phi) is 5.25. The number of nitrogens with one attached hydrogen (secondary N) is 1. The Morgan fingerprint density at radius 3 is 2.67 bits per heavy atom. The second-order valence-electron chi connectivity index (χ2n) is 5.45. The first-order valence-electron chi connectivity index (χ1n) is 7.45. The van der Waals surface area contributed by atoms with Gasteiger partial charge in [-0.15, -0.1) is 0 Å². The van der Waals surface area contributed by atoms with Crippen molar-refractivity contribution in [2.24, 2.45) is 5.92 Å². The number of carbonyl (C=O) groups excluding carboxylic acids is 1. The summed E-state index contributed by atoms with van der Waals surface area (Å²) in [5.41, 5.74) is 0. The Morgan fingerprint density at radius 1 is 1.38 bits per heavy atom. The van der Waals surface area contributed by atoms with Crippen molar-refractivity contribution in [1.29, 1.82) is 0 Å². The number of amides is 2. The van der Waals surface area contributed by atoms with Crippen LogP contribution in [0.3, 0.4) is 0 Å². The molecule has 0 atom stereocenters. The minimum Gasteiger partial charge on any atom is -0.475 e. The molecule has 1 aliphatic rings. The lowest BCUT2D eigenvalue weighted by molar-refractivity contribution is 0.0660. The minimum atomic E-state index is -1.11. The molecule has 116 valence electrons. The smallest absolute Gasteiger partial charge is 0.371 e. The Labute approximate surface area is 124 Å². The molecular weight excluding hydrogens is 272 g/mol. The van der Waals surface area contributed by atoms with Gasteiger partial charge in [-0.25, -0.2) is 9.59 Å². The van der Waals surface area contributed by atoms with Gasteiger partial charge in [0.05, 0.1) is 6.54 Å². The minimum absolute atomic E-state index is 0.111. The quantitative estimate of drug-likeness (QED) is 0.874. The molecule has 6 nitrogen and oxygen atoms in total. The number of hydrogen-bond acceptors (Lipinski definition) is 3. The van der Waals surface area contributed by atoms with Crippen LogP contribution in [0.2, 0.25) is 0 Å². The Hall–Kier alpha value is -1.98. The lowest BCUT2D eigenvalue weighted by atomic mass is 9.93. The van der Waals surface area contributed by atoms with E-state index in [2.05, 4.69) is 12.2 Å². The summed E-state index contributed by atoms with van der Waals surface area (Å²) in [6.07, 6.45) is 4.55. The van der Waals surface area contributed by atoms with Gasteiger partial charge < -0.3 is 19.7 Å². The van der Waals surface area contributed by atoms with Gasteiger partial charge in [0.2, 0.25) is 5.76 Å². The SMILES string of the molecule is CCCC1CCN(C(=O)NCc2ccc(C(=O)O)o2)CC1. The fourth-order valence-electron chi connectivity index (χ4n) is 2.70. The number of rotatable bonds is 5. The highest BCUT2D eigenvalue weighted by atomic mass is 16.4. The number of hydrogen-bond donors (Lipinski definition) is 2. The second-order valence-corrected chi connectivity index (χ2v) is 5.45. The standard InChI is InChI=1S/C15H22N2O4/c1-2-3-11-6-8-17(9-7-11)15(20)16-10-12-4-5-13(21-12)14(18)19/h4-5,11H,2-3,6-10H2,1H3,(H,16,20)(H,18,19). The Bertz CT molecular complexity index is 490. The van der Waals surface area contributed by atoms with E-state index in [4.69, 9.17) is 9.52 Å². The van der Waals surface area contributed by atoms with Crippen molar-refractivity contribution in [1.82, 2.24) is 10.2 Å². The van der Waals surface area contributed by atoms with Crippen LogP contribution in [0.15, 0.2) is 16.5 Å². The van der Waals surface area contributed by atoms with Crippen molar-refractivity contribution in [3.63, 3.8) is 0 Å². The second kappa shape index (κ2) is 7.15. The molecule has 2 heterocycles. The monoisotopic (exact) mass is 294 g/mol. The zero-order valence-corrected chi connectivity index (χ0v) is 12.3. The molecule has 1 aromatic heterocycles. The summed E-state index contributed by atoms with van der Waals surface area (Å²) in [5.74, 6) is -0.0333. The van der Waals surface area contributed by atoms with Crippen LogP contribution in [0.1, 0.15) is 48.9 Å². The Balaban J connectivity index is 1.75. The van der Waals surface area contributed by atoms with Gasteiger partial charge >= 0.3 is 12.0 Å². The first-order valence-corrected chi connectivity index (χ1v) is 7.45. The van der Waals surface area contributed by atoms with Gasteiger partial charge in [0.15, 0.2) is 0 Å². The summed E-state index contributed by atoms with van der Waals surface area (Å²) in [6.45, 7) is 3.97. The summed E-state index contributed by atoms with van der Waals surface area (Å²) in [5, 5.41) is 11.5. The molecule has 0 radical (unpaired) electrons. The molecule has 0 aliphatic carbocycles. The molecule has 0 unspecified atom stereocenters. The van der Waals surface area contributed by atoms with Crippen LogP contribution in [-0.2, 0) is 6.54 Å². The molecule has 6 heteroatoms. The molecule has 0 bridgehead atoms. The zero-order valence-electron chi connectivity index (χ0n) is 12.3. The first-order chi connectivity index (χ1) is 10.1. The van der Waals surface area contributed by atoms with Gasteiger partial charge in [0.1, 0.15) is 5.76 Å². The van der Waals surface area contributed by atoms with Gasteiger partial charge in [-0.2, -0.15) is 0 Å². The van der Waals surface area contributed by atoms with Crippen LogP contribution in [0, 0.1) is 5.92 Å². The third kappa shape index (κ3) is 4.24. The van der Waals surface area contributed by atoms with Gasteiger partial charge in [0.25, 0.3) is 0 Å². The molecule has 1 aliphatic heterocycles. The normalized spacial score (nSPS) is 16.0. The maximum atomic E-state index is 12.0. The van der Waals surface area contributed by atoms with Crippen molar-refractivity contribution >= 4 is 12.0 Å². The number of urea groups is 1. The van der Waals surface area contributed by atoms with Crippen LogP contribution < -0.4 is 5.32 Å². The van der Waals surface area contributed by atoms with Crippen LogP contribution >= 0.6 is 0 Å². The number of nitrogens with zero attached hydrogens (tertiary/aromatic N) is 1. The number of aromatic carboxylic acids is 1. The summed E-state index contributed by atoms with van der Waals surface area (Å²) < 4.78 is 5.10. The van der Waals surface area contributed by atoms with Crippen LogP contribution in [-0.4, -0.2) is 35.1 Å². The summed E-state index contributed by atoms with van der Waals surface area (Å²) in [7, 11) is 0. The highest BCUT2D eigenvalue weighted by Gasteiger charge is 2.22. The Morgan fingerprint density at radius 2 is 2.10 bits per heavy atom. The van der Waals surface area contributed by atoms with E-state index in [1.807, 2.05) is 4.90 Å². The number of carboxylic acids is 1. The molecule has 1 fully saturated rings. The third-order valence-electron chi connectivity index (χ3n) is 3.88. The summed E-state index contributed by atoms with van der Waals surface area (Å²) in [4.78, 5) is 24.5. The molecule has 1 aromatic rings. The summed E-state index contributed by atoms with van der Waals surface area (Å²) >= 11 is 0. The van der Waals surface area contributed by atoms with Gasteiger partial charge in [-0.1, -0.05) is 19.8 Å². The van der Waals surface area contributed by atoms with Crippen molar-refractivity contribution < 1.29 is 19.1 Å². The molecule has 2 N–H and O–H groups in total. The van der Waals surface area contributed by atoms with E-state index in [1.165, 1.54) is 18.9 Å². The van der Waals surface area contributed by atoms with E-state index < -0.39 is 5.97 Å². The van der Waals surface area contributed by atoms with Crippen LogP contribution in [0.25, 0.3) is 0 Å². The van der Waals surface area contributed by atoms with E-state index in [0.717, 1.165) is 31.8 Å². The maximum absolute atomic E-state index is 12.0. The fourth-order valence-corrected chi connectivity index (χ4v) is 2.70. The number of likely N-dealkylation sites (tertiary alicyclic amines) is 1. The lowest BCUT2D eigenvalue weighted by Gasteiger charge is -2.31. The molecule has 2 amide bonds. The highest BCUT2D eigenvalue weighted by Crippen LogP contribution is 2.21. The van der Waals surface area contributed by atoms with Crippen molar-refractivity contribution in [3.8, 4) is 0 Å². The highest BCUT2D eigenvalue weighted by molar-refractivity contribution is 5.84. The molecule has 21 heavy (non-hydrogen) atoms. The van der Waals surface area contributed by atoms with E-state index in [1.54, 1.807) is 6.07 Å². The van der Waals surface area contributed by atoms with E-state index in [0.29, 0.717) is 5.76 Å². The third-order valence-corrected chi connectivity index (χ3v) is 3.88. The number of carbonyl (C=O) groups is 2. The van der Waals surface area contributed by atoms with Crippen molar-refractivity contribution in [3.05, 3.63) is 23.7 Å². The molecular formula is C15H22N2O4.